The van der Waals surface area contributed by atoms with Gasteiger partial charge >= 0.3 is 5.97 Å². The molecule has 5 nitrogen and oxygen atoms in total. The van der Waals surface area contributed by atoms with Gasteiger partial charge in [0, 0.05) is 11.0 Å². The van der Waals surface area contributed by atoms with Gasteiger partial charge in [0.1, 0.15) is 0 Å². The number of amides is 1. The maximum absolute atomic E-state index is 11.2. The Morgan fingerprint density at radius 2 is 2.24 bits per heavy atom. The summed E-state index contributed by atoms with van der Waals surface area (Å²) in [7, 11) is 0. The predicted octanol–water partition coefficient (Wildman–Crippen LogP) is 0.976. The summed E-state index contributed by atoms with van der Waals surface area (Å²) >= 11 is 7.01. The van der Waals surface area contributed by atoms with Gasteiger partial charge < -0.3 is 15.5 Å². The number of halogens is 1. The van der Waals surface area contributed by atoms with Crippen LogP contribution in [0, 0.1) is 0 Å². The average molecular weight is 276 g/mol. The average Bonchev–Trinajstić information content (AvgIpc) is 2.69. The Morgan fingerprint density at radius 1 is 1.53 bits per heavy atom. The van der Waals surface area contributed by atoms with Gasteiger partial charge in [0.05, 0.1) is 10.9 Å². The Hall–Kier alpha value is -1.37. The summed E-state index contributed by atoms with van der Waals surface area (Å²) in [6.07, 6.45) is 1.21. The van der Waals surface area contributed by atoms with E-state index in [1.807, 2.05) is 0 Å². The Labute approximate surface area is 106 Å². The molecule has 0 saturated carbocycles. The molecule has 1 heterocycles. The minimum Gasteiger partial charge on any atom is -0.479 e. The molecule has 0 spiro atoms. The molecule has 1 atom stereocenters. The maximum Gasteiger partial charge on any atom is 0.334 e. The first-order valence-corrected chi connectivity index (χ1v) is 5.80. The zero-order valence-electron chi connectivity index (χ0n) is 8.59. The van der Waals surface area contributed by atoms with Gasteiger partial charge in [-0.15, -0.1) is 11.3 Å². The Balaban J connectivity index is 2.39. The van der Waals surface area contributed by atoms with Gasteiger partial charge in [-0.3, -0.25) is 4.79 Å². The zero-order valence-corrected chi connectivity index (χ0v) is 10.2. The van der Waals surface area contributed by atoms with Gasteiger partial charge in [0.15, 0.2) is 6.10 Å². The molecule has 3 N–H and O–H groups in total. The van der Waals surface area contributed by atoms with Gasteiger partial charge in [-0.25, -0.2) is 4.79 Å². The molecule has 7 heteroatoms. The van der Waals surface area contributed by atoms with Crippen LogP contribution in [0.4, 0.5) is 0 Å². The lowest BCUT2D eigenvalue weighted by Gasteiger charge is -2.04. The summed E-state index contributed by atoms with van der Waals surface area (Å²) < 4.78 is 0.617. The first-order valence-electron chi connectivity index (χ1n) is 4.61. The second-order valence-electron chi connectivity index (χ2n) is 3.07. The number of aliphatic hydroxyl groups is 1. The summed E-state index contributed by atoms with van der Waals surface area (Å²) in [5.74, 6) is -1.85. The molecule has 0 aliphatic carbocycles. The molecule has 1 aromatic rings. The fourth-order valence-corrected chi connectivity index (χ4v) is 1.88. The standard InChI is InChI=1S/C10H10ClNO4S/c11-8-3-1-6(17-8)2-4-9(14)12-5-7(13)10(15)16/h1-4,7,13H,5H2,(H,12,14)(H,15,16)/b4-2+/t7-/m0/s1. The molecule has 0 bridgehead atoms. The smallest absolute Gasteiger partial charge is 0.334 e. The zero-order chi connectivity index (χ0) is 12.8. The lowest BCUT2D eigenvalue weighted by molar-refractivity contribution is -0.146. The number of aliphatic hydroxyl groups excluding tert-OH is 1. The van der Waals surface area contributed by atoms with Crippen molar-refractivity contribution in [3.63, 3.8) is 0 Å². The molecule has 0 aliphatic rings. The van der Waals surface area contributed by atoms with Crippen LogP contribution in [0.2, 0.25) is 4.34 Å². The third-order valence-corrected chi connectivity index (χ3v) is 2.94. The summed E-state index contributed by atoms with van der Waals surface area (Å²) in [5, 5.41) is 19.5. The lowest BCUT2D eigenvalue weighted by Crippen LogP contribution is -2.35. The van der Waals surface area contributed by atoms with Crippen molar-refractivity contribution in [2.45, 2.75) is 6.10 Å². The van der Waals surface area contributed by atoms with Crippen molar-refractivity contribution < 1.29 is 19.8 Å². The van der Waals surface area contributed by atoms with E-state index in [9.17, 15) is 9.59 Å². The third kappa shape index (κ3) is 4.99. The predicted molar refractivity (Wildman–Crippen MR) is 65.0 cm³/mol. The number of carbonyl (C=O) groups excluding carboxylic acids is 1. The number of rotatable bonds is 5. The van der Waals surface area contributed by atoms with Crippen molar-refractivity contribution in [2.75, 3.05) is 6.54 Å². The van der Waals surface area contributed by atoms with E-state index in [2.05, 4.69) is 5.32 Å². The van der Waals surface area contributed by atoms with Gasteiger partial charge in [-0.1, -0.05) is 11.6 Å². The van der Waals surface area contributed by atoms with Crippen molar-refractivity contribution in [1.82, 2.24) is 5.32 Å². The van der Waals surface area contributed by atoms with Gasteiger partial charge in [-0.05, 0) is 18.2 Å². The number of carboxylic acid groups (broad SMARTS) is 1. The van der Waals surface area contributed by atoms with Gasteiger partial charge in [0.25, 0.3) is 0 Å². The minimum absolute atomic E-state index is 0.330. The van der Waals surface area contributed by atoms with Gasteiger partial charge in [-0.2, -0.15) is 0 Å². The quantitative estimate of drug-likeness (QED) is 0.699. The first-order chi connectivity index (χ1) is 7.99. The first kappa shape index (κ1) is 13.7. The van der Waals surface area contributed by atoms with Crippen LogP contribution in [-0.2, 0) is 9.59 Å². The SMILES string of the molecule is O=C(/C=C/c1ccc(Cl)s1)NC[C@H](O)C(=O)O. The molecule has 17 heavy (non-hydrogen) atoms. The summed E-state index contributed by atoms with van der Waals surface area (Å²) in [6, 6.07) is 3.46. The molecule has 1 aromatic heterocycles. The summed E-state index contributed by atoms with van der Waals surface area (Å²) in [4.78, 5) is 22.3. The number of thiophene rings is 1. The molecule has 92 valence electrons. The van der Waals surface area contributed by atoms with E-state index < -0.39 is 18.0 Å². The number of carbonyl (C=O) groups is 2. The molecule has 0 saturated heterocycles. The van der Waals surface area contributed by atoms with E-state index >= 15 is 0 Å². The summed E-state index contributed by atoms with van der Waals surface area (Å²) in [5.41, 5.74) is 0. The van der Waals surface area contributed by atoms with Crippen LogP contribution >= 0.6 is 22.9 Å². The number of hydrogen-bond donors (Lipinski definition) is 3. The van der Waals surface area contributed by atoms with Crippen LogP contribution < -0.4 is 5.32 Å². The third-order valence-electron chi connectivity index (χ3n) is 1.75. The molecule has 1 amide bonds. The van der Waals surface area contributed by atoms with Crippen molar-refractivity contribution in [1.29, 1.82) is 0 Å². The van der Waals surface area contributed by atoms with Crippen LogP contribution in [0.1, 0.15) is 4.88 Å². The van der Waals surface area contributed by atoms with E-state index in [1.54, 1.807) is 18.2 Å². The maximum atomic E-state index is 11.2. The Kier molecular flexibility index (Phi) is 5.14. The van der Waals surface area contributed by atoms with Crippen LogP contribution in [-0.4, -0.2) is 34.7 Å². The van der Waals surface area contributed by atoms with E-state index in [0.29, 0.717) is 4.34 Å². The van der Waals surface area contributed by atoms with E-state index in [-0.39, 0.29) is 6.54 Å². The molecular formula is C10H10ClNO4S. The minimum atomic E-state index is -1.59. The van der Waals surface area contributed by atoms with Crippen LogP contribution in [0.25, 0.3) is 6.08 Å². The Morgan fingerprint density at radius 3 is 2.76 bits per heavy atom. The fourth-order valence-electron chi connectivity index (χ4n) is 0.919. The number of nitrogens with one attached hydrogen (secondary N) is 1. The highest BCUT2D eigenvalue weighted by atomic mass is 35.5. The largest absolute Gasteiger partial charge is 0.479 e. The van der Waals surface area contributed by atoms with Crippen molar-refractivity contribution >= 4 is 40.9 Å². The molecule has 0 aromatic carbocycles. The fraction of sp³-hybridized carbons (Fsp3) is 0.200. The number of carboxylic acids is 1. The highest BCUT2D eigenvalue weighted by Gasteiger charge is 2.12. The van der Waals surface area contributed by atoms with Crippen LogP contribution in [0.5, 0.6) is 0 Å². The van der Waals surface area contributed by atoms with Crippen LogP contribution in [0.15, 0.2) is 18.2 Å². The molecule has 0 unspecified atom stereocenters. The highest BCUT2D eigenvalue weighted by Crippen LogP contribution is 2.22. The van der Waals surface area contributed by atoms with Gasteiger partial charge in [0.2, 0.25) is 5.91 Å². The number of aliphatic carboxylic acids is 1. The normalized spacial score (nSPS) is 12.6. The Bertz CT molecular complexity index is 443. The van der Waals surface area contributed by atoms with E-state index in [4.69, 9.17) is 21.8 Å². The molecule has 0 aliphatic heterocycles. The topological polar surface area (TPSA) is 86.6 Å². The second-order valence-corrected chi connectivity index (χ2v) is 4.82. The van der Waals surface area contributed by atoms with E-state index in [0.717, 1.165) is 4.88 Å². The summed E-state index contributed by atoms with van der Waals surface area (Å²) in [6.45, 7) is -0.330. The molecule has 1 rings (SSSR count). The lowest BCUT2D eigenvalue weighted by atomic mass is 10.3. The second kappa shape index (κ2) is 6.39. The van der Waals surface area contributed by atoms with Crippen LogP contribution in [0.3, 0.4) is 0 Å². The molecule has 0 fully saturated rings. The van der Waals surface area contributed by atoms with Crippen molar-refractivity contribution in [3.8, 4) is 0 Å². The van der Waals surface area contributed by atoms with Crippen molar-refractivity contribution in [2.24, 2.45) is 0 Å². The molecular weight excluding hydrogens is 266 g/mol. The monoisotopic (exact) mass is 275 g/mol. The molecule has 0 radical (unpaired) electrons. The van der Waals surface area contributed by atoms with E-state index in [1.165, 1.54) is 17.4 Å². The highest BCUT2D eigenvalue weighted by molar-refractivity contribution is 7.17. The number of hydrogen-bond acceptors (Lipinski definition) is 4. The van der Waals surface area contributed by atoms with Crippen molar-refractivity contribution in [3.05, 3.63) is 27.4 Å².